The minimum Gasteiger partial charge on any atom is -0.310 e. The average Bonchev–Trinajstić information content (AvgIpc) is 3.87. The highest BCUT2D eigenvalue weighted by Crippen LogP contribution is 2.43. The number of thiophene rings is 1. The topological polar surface area (TPSA) is 8.17 Å². The Morgan fingerprint density at radius 2 is 0.836 bits per heavy atom. The highest BCUT2D eigenvalue weighted by molar-refractivity contribution is 7.25. The van der Waals surface area contributed by atoms with Crippen molar-refractivity contribution in [2.24, 2.45) is 0 Å². The van der Waals surface area contributed by atoms with Gasteiger partial charge in [-0.1, -0.05) is 158 Å². The van der Waals surface area contributed by atoms with Crippen LogP contribution in [0.2, 0.25) is 0 Å². The molecule has 0 atom stereocenters. The Bertz CT molecular complexity index is 3540. The summed E-state index contributed by atoms with van der Waals surface area (Å²) in [4.78, 5) is 2.39. The summed E-state index contributed by atoms with van der Waals surface area (Å²) in [6, 6.07) is 84.2. The van der Waals surface area contributed by atoms with Gasteiger partial charge in [-0.2, -0.15) is 0 Å². The number of anilines is 3. The van der Waals surface area contributed by atoms with E-state index in [1.54, 1.807) is 0 Å². The van der Waals surface area contributed by atoms with E-state index in [1.807, 2.05) is 11.3 Å². The Morgan fingerprint density at radius 3 is 1.57 bits per heavy atom. The van der Waals surface area contributed by atoms with Crippen molar-refractivity contribution in [2.45, 2.75) is 0 Å². The molecule has 0 aliphatic carbocycles. The van der Waals surface area contributed by atoms with Crippen LogP contribution in [0, 0.1) is 0 Å². The zero-order valence-electron chi connectivity index (χ0n) is 33.2. The molecule has 0 fully saturated rings. The van der Waals surface area contributed by atoms with Gasteiger partial charge in [0.05, 0.1) is 16.7 Å². The molecule has 0 saturated heterocycles. The number of aromatic nitrogens is 1. The fourth-order valence-corrected chi connectivity index (χ4v) is 10.4. The van der Waals surface area contributed by atoms with Crippen LogP contribution in [-0.2, 0) is 0 Å². The Kier molecular flexibility index (Phi) is 8.39. The molecule has 61 heavy (non-hydrogen) atoms. The molecule has 0 spiro atoms. The van der Waals surface area contributed by atoms with Crippen LogP contribution in [0.4, 0.5) is 17.1 Å². The Labute approximate surface area is 358 Å². The summed E-state index contributed by atoms with van der Waals surface area (Å²) in [7, 11) is 0. The molecule has 0 aliphatic rings. The van der Waals surface area contributed by atoms with Gasteiger partial charge < -0.3 is 9.47 Å². The number of rotatable bonds is 7. The molecule has 0 aliphatic heterocycles. The predicted octanol–water partition coefficient (Wildman–Crippen LogP) is 16.8. The second kappa shape index (κ2) is 14.5. The normalized spacial score (nSPS) is 11.6. The molecule has 2 heterocycles. The van der Waals surface area contributed by atoms with Crippen LogP contribution in [-0.4, -0.2) is 4.57 Å². The minimum absolute atomic E-state index is 1.10. The first-order chi connectivity index (χ1) is 30.2. The molecule has 3 heteroatoms. The van der Waals surface area contributed by atoms with Crippen LogP contribution < -0.4 is 4.90 Å². The quantitative estimate of drug-likeness (QED) is 0.156. The molecular formula is C58H38N2S. The molecule has 0 radical (unpaired) electrons. The van der Waals surface area contributed by atoms with Gasteiger partial charge in [-0.15, -0.1) is 11.3 Å². The third-order valence-corrected chi connectivity index (χ3v) is 13.4. The molecule has 0 unspecified atom stereocenters. The first kappa shape index (κ1) is 35.2. The molecule has 0 bridgehead atoms. The third-order valence-electron chi connectivity index (χ3n) is 12.2. The maximum Gasteiger partial charge on any atom is 0.0541 e. The number of fused-ring (bicyclic) bond motifs is 7. The highest BCUT2D eigenvalue weighted by atomic mass is 32.1. The molecular weight excluding hydrogens is 757 g/mol. The molecule has 0 amide bonds. The molecule has 10 aromatic carbocycles. The Morgan fingerprint density at radius 1 is 0.311 bits per heavy atom. The predicted molar refractivity (Wildman–Crippen MR) is 262 cm³/mol. The van der Waals surface area contributed by atoms with Crippen LogP contribution in [0.5, 0.6) is 0 Å². The van der Waals surface area contributed by atoms with Gasteiger partial charge in [0.25, 0.3) is 0 Å². The van der Waals surface area contributed by atoms with Gasteiger partial charge in [0.1, 0.15) is 0 Å². The van der Waals surface area contributed by atoms with Crippen molar-refractivity contribution in [3.63, 3.8) is 0 Å². The number of benzene rings is 10. The van der Waals surface area contributed by atoms with Crippen molar-refractivity contribution in [1.82, 2.24) is 4.57 Å². The summed E-state index contributed by atoms with van der Waals surface area (Å²) in [6.45, 7) is 0. The largest absolute Gasteiger partial charge is 0.310 e. The first-order valence-electron chi connectivity index (χ1n) is 20.8. The van der Waals surface area contributed by atoms with E-state index < -0.39 is 0 Å². The summed E-state index contributed by atoms with van der Waals surface area (Å²) in [5, 5.41) is 7.60. The van der Waals surface area contributed by atoms with Crippen molar-refractivity contribution < 1.29 is 0 Å². The summed E-state index contributed by atoms with van der Waals surface area (Å²) >= 11 is 1.85. The fraction of sp³-hybridized carbons (Fsp3) is 0. The van der Waals surface area contributed by atoms with E-state index in [0.717, 1.165) is 17.1 Å². The lowest BCUT2D eigenvalue weighted by Gasteiger charge is -2.26. The molecule has 12 rings (SSSR count). The lowest BCUT2D eigenvalue weighted by atomic mass is 9.93. The maximum absolute atomic E-state index is 2.43. The van der Waals surface area contributed by atoms with Crippen molar-refractivity contribution in [3.8, 4) is 39.1 Å². The summed E-state index contributed by atoms with van der Waals surface area (Å²) in [6.07, 6.45) is 0. The minimum atomic E-state index is 1.10. The van der Waals surface area contributed by atoms with Gasteiger partial charge in [0.2, 0.25) is 0 Å². The van der Waals surface area contributed by atoms with Gasteiger partial charge in [-0.05, 0) is 111 Å². The van der Waals surface area contributed by atoms with E-state index in [4.69, 9.17) is 0 Å². The standard InChI is InChI=1S/C58H38N2S/c1-2-14-42-37-43(26-25-39(42)13-1)40-27-31-44(32-28-40)59(46-35-36-58-53(38-46)52-20-8-12-24-57(52)61-58)45-33-29-41(30-34-45)47-15-3-4-16-48(47)49-17-5-9-21-54(49)60-55-22-10-6-18-50(55)51-19-7-11-23-56(51)60/h1-38H. The lowest BCUT2D eigenvalue weighted by Crippen LogP contribution is -2.09. The third kappa shape index (κ3) is 6.01. The van der Waals surface area contributed by atoms with E-state index in [2.05, 4.69) is 240 Å². The molecule has 12 aromatic rings. The molecule has 2 nitrogen and oxygen atoms in total. The number of hydrogen-bond acceptors (Lipinski definition) is 2. The zero-order chi connectivity index (χ0) is 40.3. The van der Waals surface area contributed by atoms with E-state index in [-0.39, 0.29) is 0 Å². The van der Waals surface area contributed by atoms with E-state index in [9.17, 15) is 0 Å². The Balaban J connectivity index is 0.966. The number of para-hydroxylation sites is 3. The summed E-state index contributed by atoms with van der Waals surface area (Å²) in [5.74, 6) is 0. The fourth-order valence-electron chi connectivity index (χ4n) is 9.31. The Hall–Kier alpha value is -7.72. The summed E-state index contributed by atoms with van der Waals surface area (Å²) < 4.78 is 5.03. The molecule has 0 N–H and O–H groups in total. The number of hydrogen-bond donors (Lipinski definition) is 0. The van der Waals surface area contributed by atoms with E-state index in [1.165, 1.54) is 91.8 Å². The smallest absolute Gasteiger partial charge is 0.0541 e. The molecule has 2 aromatic heterocycles. The monoisotopic (exact) mass is 794 g/mol. The van der Waals surface area contributed by atoms with Gasteiger partial charge in [-0.3, -0.25) is 0 Å². The van der Waals surface area contributed by atoms with Crippen LogP contribution >= 0.6 is 11.3 Å². The van der Waals surface area contributed by atoms with Crippen molar-refractivity contribution >= 4 is 81.1 Å². The number of nitrogens with zero attached hydrogens (tertiary/aromatic N) is 2. The highest BCUT2D eigenvalue weighted by Gasteiger charge is 2.19. The van der Waals surface area contributed by atoms with Crippen molar-refractivity contribution in [2.75, 3.05) is 4.90 Å². The average molecular weight is 795 g/mol. The zero-order valence-corrected chi connectivity index (χ0v) is 34.1. The first-order valence-corrected chi connectivity index (χ1v) is 21.6. The van der Waals surface area contributed by atoms with Gasteiger partial charge in [-0.25, -0.2) is 0 Å². The van der Waals surface area contributed by atoms with Crippen LogP contribution in [0.1, 0.15) is 0 Å². The SMILES string of the molecule is c1ccc(-c2ccccc2-n2c3ccccc3c3ccccc32)c(-c2ccc(N(c3ccc(-c4ccc5ccccc5c4)cc3)c3ccc4sc5ccccc5c4c3)cc2)c1. The van der Waals surface area contributed by atoms with Crippen LogP contribution in [0.25, 0.3) is 91.8 Å². The summed E-state index contributed by atoms with van der Waals surface area (Å²) in [5.41, 5.74) is 14.1. The van der Waals surface area contributed by atoms with Crippen LogP contribution in [0.3, 0.4) is 0 Å². The molecule has 286 valence electrons. The maximum atomic E-state index is 2.43. The van der Waals surface area contributed by atoms with Gasteiger partial charge in [0, 0.05) is 53.6 Å². The van der Waals surface area contributed by atoms with E-state index in [0.29, 0.717) is 0 Å². The lowest BCUT2D eigenvalue weighted by molar-refractivity contribution is 1.18. The van der Waals surface area contributed by atoms with Gasteiger partial charge in [0.15, 0.2) is 0 Å². The van der Waals surface area contributed by atoms with Crippen LogP contribution in [0.15, 0.2) is 231 Å². The van der Waals surface area contributed by atoms with Crippen molar-refractivity contribution in [3.05, 3.63) is 231 Å². The van der Waals surface area contributed by atoms with Gasteiger partial charge >= 0.3 is 0 Å². The van der Waals surface area contributed by atoms with E-state index >= 15 is 0 Å². The molecule has 0 saturated carbocycles. The second-order valence-electron chi connectivity index (χ2n) is 15.7. The van der Waals surface area contributed by atoms with Crippen molar-refractivity contribution in [1.29, 1.82) is 0 Å². The second-order valence-corrected chi connectivity index (χ2v) is 16.8.